The second-order valence-corrected chi connectivity index (χ2v) is 5.13. The van der Waals surface area contributed by atoms with Gasteiger partial charge >= 0.3 is 0 Å². The van der Waals surface area contributed by atoms with Gasteiger partial charge in [0.1, 0.15) is 5.75 Å². The fourth-order valence-electron chi connectivity index (χ4n) is 1.59. The van der Waals surface area contributed by atoms with Crippen LogP contribution in [0, 0.1) is 5.92 Å². The van der Waals surface area contributed by atoms with Gasteiger partial charge in [-0.05, 0) is 24.2 Å². The van der Waals surface area contributed by atoms with Gasteiger partial charge in [0.25, 0.3) is 0 Å². The van der Waals surface area contributed by atoms with E-state index in [1.807, 2.05) is 30.1 Å². The predicted molar refractivity (Wildman–Crippen MR) is 79.9 cm³/mol. The molecule has 4 heteroatoms. The fraction of sp³-hybridized carbons (Fsp3) is 0.500. The highest BCUT2D eigenvalue weighted by molar-refractivity contribution is 7.80. The van der Waals surface area contributed by atoms with Crippen molar-refractivity contribution in [1.82, 2.24) is 10.2 Å². The van der Waals surface area contributed by atoms with E-state index in [1.54, 1.807) is 7.11 Å². The highest BCUT2D eigenvalue weighted by atomic mass is 32.1. The molecule has 0 fully saturated rings. The molecule has 1 rings (SSSR count). The van der Waals surface area contributed by atoms with Crippen molar-refractivity contribution in [1.29, 1.82) is 0 Å². The third-order valence-corrected chi connectivity index (χ3v) is 3.06. The molecule has 0 saturated heterocycles. The zero-order valence-electron chi connectivity index (χ0n) is 11.6. The Bertz CT molecular complexity index is 393. The number of nitrogens with zero attached hydrogens (tertiary/aromatic N) is 1. The first kappa shape index (κ1) is 14.8. The maximum Gasteiger partial charge on any atom is 0.168 e. The number of hydrogen-bond acceptors (Lipinski definition) is 2. The Morgan fingerprint density at radius 3 is 2.67 bits per heavy atom. The van der Waals surface area contributed by atoms with Gasteiger partial charge in [-0.1, -0.05) is 32.0 Å². The molecule has 0 unspecified atom stereocenters. The van der Waals surface area contributed by atoms with Crippen molar-refractivity contribution in [3.05, 3.63) is 29.8 Å². The number of methoxy groups -OCH3 is 1. The first-order chi connectivity index (χ1) is 8.54. The van der Waals surface area contributed by atoms with Crippen molar-refractivity contribution in [2.24, 2.45) is 5.92 Å². The summed E-state index contributed by atoms with van der Waals surface area (Å²) in [6, 6.07) is 8.00. The Balaban J connectivity index is 2.58. The van der Waals surface area contributed by atoms with E-state index in [-0.39, 0.29) is 0 Å². The molecule has 0 aliphatic rings. The standard InChI is InChI=1S/C14H22N2OS/c1-11(2)9-15-14(18)16(3)10-12-7-5-6-8-13(12)17-4/h5-8,11H,9-10H2,1-4H3,(H,15,18). The Hall–Kier alpha value is -1.29. The maximum atomic E-state index is 5.35. The molecule has 0 amide bonds. The lowest BCUT2D eigenvalue weighted by molar-refractivity contribution is 0.397. The quantitative estimate of drug-likeness (QED) is 0.828. The summed E-state index contributed by atoms with van der Waals surface area (Å²) in [6.07, 6.45) is 0. The summed E-state index contributed by atoms with van der Waals surface area (Å²) < 4.78 is 5.33. The molecular formula is C14H22N2OS. The zero-order chi connectivity index (χ0) is 13.5. The SMILES string of the molecule is COc1ccccc1CN(C)C(=S)NCC(C)C. The largest absolute Gasteiger partial charge is 0.496 e. The van der Waals surface area contributed by atoms with Gasteiger partial charge in [-0.2, -0.15) is 0 Å². The first-order valence-corrected chi connectivity index (χ1v) is 6.56. The van der Waals surface area contributed by atoms with E-state index in [1.165, 1.54) is 0 Å². The topological polar surface area (TPSA) is 24.5 Å². The molecule has 18 heavy (non-hydrogen) atoms. The van der Waals surface area contributed by atoms with Crippen LogP contribution in [-0.4, -0.2) is 30.7 Å². The zero-order valence-corrected chi connectivity index (χ0v) is 12.4. The minimum absolute atomic E-state index is 0.586. The van der Waals surface area contributed by atoms with E-state index >= 15 is 0 Å². The van der Waals surface area contributed by atoms with Crippen LogP contribution in [0.2, 0.25) is 0 Å². The lowest BCUT2D eigenvalue weighted by Crippen LogP contribution is -2.38. The van der Waals surface area contributed by atoms with Crippen LogP contribution in [0.25, 0.3) is 0 Å². The highest BCUT2D eigenvalue weighted by Crippen LogP contribution is 2.18. The molecule has 1 aromatic carbocycles. The number of ether oxygens (including phenoxy) is 1. The summed E-state index contributed by atoms with van der Waals surface area (Å²) in [5.74, 6) is 1.48. The van der Waals surface area contributed by atoms with Crippen LogP contribution in [-0.2, 0) is 6.54 Å². The molecule has 3 nitrogen and oxygen atoms in total. The van der Waals surface area contributed by atoms with Crippen molar-refractivity contribution in [3.63, 3.8) is 0 Å². The summed E-state index contributed by atoms with van der Waals surface area (Å²) >= 11 is 5.35. The Kier molecular flexibility index (Phi) is 5.92. The minimum atomic E-state index is 0.586. The summed E-state index contributed by atoms with van der Waals surface area (Å²) in [7, 11) is 3.68. The maximum absolute atomic E-state index is 5.35. The number of hydrogen-bond donors (Lipinski definition) is 1. The molecule has 0 aromatic heterocycles. The van der Waals surface area contributed by atoms with Crippen LogP contribution in [0.5, 0.6) is 5.75 Å². The molecule has 0 bridgehead atoms. The van der Waals surface area contributed by atoms with Crippen molar-refractivity contribution in [3.8, 4) is 5.75 Å². The Labute approximate surface area is 115 Å². The molecule has 0 aliphatic carbocycles. The minimum Gasteiger partial charge on any atom is -0.496 e. The monoisotopic (exact) mass is 266 g/mol. The van der Waals surface area contributed by atoms with Crippen LogP contribution in [0.15, 0.2) is 24.3 Å². The summed E-state index contributed by atoms with van der Waals surface area (Å²) in [5, 5.41) is 4.03. The van der Waals surface area contributed by atoms with E-state index in [9.17, 15) is 0 Å². The summed E-state index contributed by atoms with van der Waals surface area (Å²) in [4.78, 5) is 2.02. The highest BCUT2D eigenvalue weighted by Gasteiger charge is 2.08. The van der Waals surface area contributed by atoms with Crippen LogP contribution in [0.3, 0.4) is 0 Å². The second-order valence-electron chi connectivity index (χ2n) is 4.75. The number of thiocarbonyl (C=S) groups is 1. The normalized spacial score (nSPS) is 10.3. The number of para-hydroxylation sites is 1. The molecule has 0 spiro atoms. The van der Waals surface area contributed by atoms with Gasteiger partial charge in [0.15, 0.2) is 5.11 Å². The van der Waals surface area contributed by atoms with Gasteiger partial charge in [0.05, 0.1) is 7.11 Å². The predicted octanol–water partition coefficient (Wildman–Crippen LogP) is 2.66. The van der Waals surface area contributed by atoms with E-state index in [0.717, 1.165) is 29.5 Å². The molecular weight excluding hydrogens is 244 g/mol. The van der Waals surface area contributed by atoms with Gasteiger partial charge in [0.2, 0.25) is 0 Å². The van der Waals surface area contributed by atoms with E-state index in [2.05, 4.69) is 25.2 Å². The second kappa shape index (κ2) is 7.21. The molecule has 1 N–H and O–H groups in total. The van der Waals surface area contributed by atoms with E-state index in [4.69, 9.17) is 17.0 Å². The summed E-state index contributed by atoms with van der Waals surface area (Å²) in [5.41, 5.74) is 1.14. The Morgan fingerprint density at radius 2 is 2.06 bits per heavy atom. The van der Waals surface area contributed by atoms with E-state index < -0.39 is 0 Å². The molecule has 0 aliphatic heterocycles. The van der Waals surface area contributed by atoms with Gasteiger partial charge < -0.3 is 15.0 Å². The van der Waals surface area contributed by atoms with Gasteiger partial charge in [-0.25, -0.2) is 0 Å². The average Bonchev–Trinajstić information content (AvgIpc) is 2.36. The molecule has 0 heterocycles. The van der Waals surface area contributed by atoms with E-state index in [0.29, 0.717) is 5.92 Å². The number of nitrogens with one attached hydrogen (secondary N) is 1. The van der Waals surface area contributed by atoms with Gasteiger partial charge in [0, 0.05) is 25.7 Å². The molecule has 0 saturated carbocycles. The van der Waals surface area contributed by atoms with Crippen molar-refractivity contribution in [2.45, 2.75) is 20.4 Å². The summed E-state index contributed by atoms with van der Waals surface area (Å²) in [6.45, 7) is 5.97. The lowest BCUT2D eigenvalue weighted by atomic mass is 10.2. The number of benzene rings is 1. The first-order valence-electron chi connectivity index (χ1n) is 6.15. The fourth-order valence-corrected chi connectivity index (χ4v) is 1.74. The van der Waals surface area contributed by atoms with Crippen LogP contribution in [0.1, 0.15) is 19.4 Å². The van der Waals surface area contributed by atoms with Gasteiger partial charge in [-0.15, -0.1) is 0 Å². The third-order valence-electron chi connectivity index (χ3n) is 2.61. The van der Waals surface area contributed by atoms with Crippen LogP contribution >= 0.6 is 12.2 Å². The molecule has 1 aromatic rings. The molecule has 0 radical (unpaired) electrons. The lowest BCUT2D eigenvalue weighted by Gasteiger charge is -2.22. The smallest absolute Gasteiger partial charge is 0.168 e. The van der Waals surface area contributed by atoms with Gasteiger partial charge in [-0.3, -0.25) is 0 Å². The van der Waals surface area contributed by atoms with Crippen molar-refractivity contribution >= 4 is 17.3 Å². The average molecular weight is 266 g/mol. The van der Waals surface area contributed by atoms with Crippen LogP contribution in [0.4, 0.5) is 0 Å². The molecule has 100 valence electrons. The Morgan fingerprint density at radius 1 is 1.39 bits per heavy atom. The third kappa shape index (κ3) is 4.53. The number of rotatable bonds is 5. The molecule has 0 atom stereocenters. The van der Waals surface area contributed by atoms with Crippen molar-refractivity contribution in [2.75, 3.05) is 20.7 Å². The van der Waals surface area contributed by atoms with Crippen molar-refractivity contribution < 1.29 is 4.74 Å². The van der Waals surface area contributed by atoms with Crippen LogP contribution < -0.4 is 10.1 Å².